The van der Waals surface area contributed by atoms with Gasteiger partial charge in [0.15, 0.2) is 0 Å². The zero-order valence-corrected chi connectivity index (χ0v) is 14.9. The first kappa shape index (κ1) is 18.8. The molecule has 6 nitrogen and oxygen atoms in total. The van der Waals surface area contributed by atoms with Crippen molar-refractivity contribution in [3.8, 4) is 5.75 Å². The van der Waals surface area contributed by atoms with E-state index in [0.29, 0.717) is 42.8 Å². The molecule has 1 aliphatic rings. The Morgan fingerprint density at radius 2 is 1.96 bits per heavy atom. The first-order valence-corrected chi connectivity index (χ1v) is 8.98. The summed E-state index contributed by atoms with van der Waals surface area (Å²) in [6, 6.07) is 10.4. The number of nitrogens with zero attached hydrogens (tertiary/aromatic N) is 2. The van der Waals surface area contributed by atoms with Gasteiger partial charge in [0.25, 0.3) is 11.8 Å². The average molecular weight is 371 g/mol. The number of halogens is 1. The van der Waals surface area contributed by atoms with E-state index < -0.39 is 6.67 Å². The Bertz CT molecular complexity index is 777. The van der Waals surface area contributed by atoms with Crippen LogP contribution in [-0.2, 0) is 0 Å². The standard InChI is InChI=1S/C20H22FN3O3/c21-9-11-23-19(25)17-5-1-2-6-18(17)27-16-7-12-24(13-8-16)20(26)15-4-3-10-22-14-15/h1-6,10,14,16H,7-9,11-13H2,(H,23,25). The number of carbonyl (C=O) groups excluding carboxylic acids is 2. The van der Waals surface area contributed by atoms with Crippen LogP contribution in [0.5, 0.6) is 5.75 Å². The van der Waals surface area contributed by atoms with E-state index in [1.165, 1.54) is 0 Å². The van der Waals surface area contributed by atoms with E-state index in [9.17, 15) is 14.0 Å². The summed E-state index contributed by atoms with van der Waals surface area (Å²) in [5.41, 5.74) is 0.964. The number of ether oxygens (including phenoxy) is 1. The van der Waals surface area contributed by atoms with E-state index in [0.717, 1.165) is 0 Å². The Balaban J connectivity index is 1.58. The molecular weight excluding hydrogens is 349 g/mol. The smallest absolute Gasteiger partial charge is 0.255 e. The Morgan fingerprint density at radius 3 is 2.67 bits per heavy atom. The van der Waals surface area contributed by atoms with Crippen LogP contribution in [0, 0.1) is 0 Å². The van der Waals surface area contributed by atoms with Crippen molar-refractivity contribution in [2.24, 2.45) is 0 Å². The molecule has 0 saturated carbocycles. The van der Waals surface area contributed by atoms with Gasteiger partial charge in [-0.2, -0.15) is 0 Å². The lowest BCUT2D eigenvalue weighted by Gasteiger charge is -2.32. The molecule has 3 rings (SSSR count). The van der Waals surface area contributed by atoms with Gasteiger partial charge in [-0.25, -0.2) is 4.39 Å². The highest BCUT2D eigenvalue weighted by Crippen LogP contribution is 2.23. The van der Waals surface area contributed by atoms with Crippen LogP contribution in [0.15, 0.2) is 48.8 Å². The third kappa shape index (κ3) is 4.81. The Hall–Kier alpha value is -2.96. The molecule has 0 aliphatic carbocycles. The van der Waals surface area contributed by atoms with E-state index in [2.05, 4.69) is 10.3 Å². The normalized spacial score (nSPS) is 14.6. The maximum Gasteiger partial charge on any atom is 0.255 e. The number of amides is 2. The monoisotopic (exact) mass is 371 g/mol. The number of rotatable bonds is 6. The topological polar surface area (TPSA) is 71.5 Å². The van der Waals surface area contributed by atoms with Gasteiger partial charge >= 0.3 is 0 Å². The largest absolute Gasteiger partial charge is 0.489 e. The first-order valence-electron chi connectivity index (χ1n) is 8.98. The molecule has 1 saturated heterocycles. The molecule has 0 spiro atoms. The third-order valence-corrected chi connectivity index (χ3v) is 4.44. The highest BCUT2D eigenvalue weighted by molar-refractivity contribution is 5.97. The number of para-hydroxylation sites is 1. The number of alkyl halides is 1. The summed E-state index contributed by atoms with van der Waals surface area (Å²) in [4.78, 5) is 30.4. The number of piperidine rings is 1. The molecule has 0 unspecified atom stereocenters. The van der Waals surface area contributed by atoms with Gasteiger partial charge in [0, 0.05) is 44.9 Å². The Labute approximate surface area is 157 Å². The van der Waals surface area contributed by atoms with Gasteiger partial charge < -0.3 is 15.0 Å². The van der Waals surface area contributed by atoms with Crippen LogP contribution >= 0.6 is 0 Å². The van der Waals surface area contributed by atoms with Crippen LogP contribution in [0.2, 0.25) is 0 Å². The predicted molar refractivity (Wildman–Crippen MR) is 98.5 cm³/mol. The number of pyridine rings is 1. The van der Waals surface area contributed by atoms with Gasteiger partial charge in [0.1, 0.15) is 18.5 Å². The van der Waals surface area contributed by atoms with Crippen molar-refractivity contribution < 1.29 is 18.7 Å². The summed E-state index contributed by atoms with van der Waals surface area (Å²) in [6.07, 6.45) is 4.46. The van der Waals surface area contributed by atoms with Gasteiger partial charge in [-0.3, -0.25) is 14.6 Å². The molecule has 0 bridgehead atoms. The number of likely N-dealkylation sites (tertiary alicyclic amines) is 1. The highest BCUT2D eigenvalue weighted by Gasteiger charge is 2.25. The minimum Gasteiger partial charge on any atom is -0.489 e. The average Bonchev–Trinajstić information content (AvgIpc) is 2.73. The highest BCUT2D eigenvalue weighted by atomic mass is 19.1. The summed E-state index contributed by atoms with van der Waals surface area (Å²) in [5, 5.41) is 2.51. The minimum atomic E-state index is -0.613. The van der Waals surface area contributed by atoms with Crippen molar-refractivity contribution in [1.29, 1.82) is 0 Å². The summed E-state index contributed by atoms with van der Waals surface area (Å²) >= 11 is 0. The van der Waals surface area contributed by atoms with Crippen molar-refractivity contribution >= 4 is 11.8 Å². The van der Waals surface area contributed by atoms with Crippen LogP contribution in [0.25, 0.3) is 0 Å². The molecule has 1 aromatic heterocycles. The van der Waals surface area contributed by atoms with Crippen LogP contribution in [0.4, 0.5) is 4.39 Å². The molecule has 27 heavy (non-hydrogen) atoms. The molecule has 1 aromatic carbocycles. The third-order valence-electron chi connectivity index (χ3n) is 4.44. The number of aromatic nitrogens is 1. The first-order chi connectivity index (χ1) is 13.2. The van der Waals surface area contributed by atoms with Crippen LogP contribution in [0.1, 0.15) is 33.6 Å². The van der Waals surface area contributed by atoms with Crippen LogP contribution < -0.4 is 10.1 Å². The lowest BCUT2D eigenvalue weighted by atomic mass is 10.1. The fourth-order valence-corrected chi connectivity index (χ4v) is 3.04. The molecular formula is C20H22FN3O3. The second kappa shape index (κ2) is 9.12. The molecule has 1 N–H and O–H groups in total. The van der Waals surface area contributed by atoms with Gasteiger partial charge in [0.2, 0.25) is 0 Å². The van der Waals surface area contributed by atoms with E-state index >= 15 is 0 Å². The molecule has 2 heterocycles. The Morgan fingerprint density at radius 1 is 1.19 bits per heavy atom. The maximum atomic E-state index is 12.5. The van der Waals surface area contributed by atoms with Crippen molar-refractivity contribution in [3.05, 3.63) is 59.9 Å². The fourth-order valence-electron chi connectivity index (χ4n) is 3.04. The van der Waals surface area contributed by atoms with Crippen molar-refractivity contribution in [1.82, 2.24) is 15.2 Å². The van der Waals surface area contributed by atoms with Gasteiger partial charge in [-0.1, -0.05) is 12.1 Å². The second-order valence-electron chi connectivity index (χ2n) is 6.29. The Kier molecular flexibility index (Phi) is 6.35. The van der Waals surface area contributed by atoms with E-state index in [1.807, 2.05) is 0 Å². The number of hydrogen-bond acceptors (Lipinski definition) is 4. The molecule has 1 fully saturated rings. The zero-order valence-electron chi connectivity index (χ0n) is 14.9. The summed E-state index contributed by atoms with van der Waals surface area (Å²) in [6.45, 7) is 0.517. The molecule has 0 atom stereocenters. The van der Waals surface area contributed by atoms with Crippen LogP contribution in [0.3, 0.4) is 0 Å². The number of hydrogen-bond donors (Lipinski definition) is 1. The lowest BCUT2D eigenvalue weighted by Crippen LogP contribution is -2.42. The summed E-state index contributed by atoms with van der Waals surface area (Å²) < 4.78 is 18.3. The van der Waals surface area contributed by atoms with E-state index in [-0.39, 0.29) is 24.5 Å². The van der Waals surface area contributed by atoms with Crippen molar-refractivity contribution in [3.63, 3.8) is 0 Å². The lowest BCUT2D eigenvalue weighted by molar-refractivity contribution is 0.0593. The van der Waals surface area contributed by atoms with E-state index in [1.54, 1.807) is 53.7 Å². The summed E-state index contributed by atoms with van der Waals surface area (Å²) in [7, 11) is 0. The quantitative estimate of drug-likeness (QED) is 0.847. The van der Waals surface area contributed by atoms with Gasteiger partial charge in [-0.05, 0) is 24.3 Å². The molecule has 1 aliphatic heterocycles. The SMILES string of the molecule is O=C(NCCF)c1ccccc1OC1CCN(C(=O)c2cccnc2)CC1. The zero-order chi connectivity index (χ0) is 19.1. The van der Waals surface area contributed by atoms with Crippen molar-refractivity contribution in [2.45, 2.75) is 18.9 Å². The number of carbonyl (C=O) groups is 2. The molecule has 7 heteroatoms. The number of benzene rings is 1. The maximum absolute atomic E-state index is 12.5. The van der Waals surface area contributed by atoms with Crippen molar-refractivity contribution in [2.75, 3.05) is 26.3 Å². The molecule has 0 radical (unpaired) electrons. The van der Waals surface area contributed by atoms with Gasteiger partial charge in [-0.15, -0.1) is 0 Å². The minimum absolute atomic E-state index is 0.0258. The van der Waals surface area contributed by atoms with Crippen LogP contribution in [-0.4, -0.2) is 54.1 Å². The molecule has 2 aromatic rings. The van der Waals surface area contributed by atoms with Gasteiger partial charge in [0.05, 0.1) is 11.1 Å². The number of nitrogens with one attached hydrogen (secondary N) is 1. The summed E-state index contributed by atoms with van der Waals surface area (Å²) in [5.74, 6) is 0.0888. The molecule has 2 amide bonds. The molecule has 142 valence electrons. The second-order valence-corrected chi connectivity index (χ2v) is 6.29. The van der Waals surface area contributed by atoms with E-state index in [4.69, 9.17) is 4.74 Å². The predicted octanol–water partition coefficient (Wildman–Crippen LogP) is 2.46. The fraction of sp³-hybridized carbons (Fsp3) is 0.350.